The van der Waals surface area contributed by atoms with Crippen molar-refractivity contribution < 1.29 is 4.74 Å². The van der Waals surface area contributed by atoms with E-state index in [1.54, 1.807) is 6.92 Å². The third kappa shape index (κ3) is 10.8. The molecule has 0 rings (SSSR count). The Morgan fingerprint density at radius 1 is 1.50 bits per heavy atom. The Balaban J connectivity index is 0. The van der Waals surface area contributed by atoms with Crippen LogP contribution in [0.2, 0.25) is 0 Å². The van der Waals surface area contributed by atoms with E-state index in [1.807, 2.05) is 14.1 Å². The quantitative estimate of drug-likeness (QED) is 0.439. The molecule has 0 aromatic carbocycles. The molecule has 0 N–H and O–H groups in total. The smallest absolute Gasteiger partial charge is 0.156 e. The van der Waals surface area contributed by atoms with Crippen LogP contribution in [0.15, 0.2) is 0 Å². The number of hydrogen-bond acceptors (Lipinski definition) is 3. The summed E-state index contributed by atoms with van der Waals surface area (Å²) in [6.07, 6.45) is 0. The molecular weight excluding hydrogens is 145 g/mol. The van der Waals surface area contributed by atoms with Crippen LogP contribution in [0.5, 0.6) is 0 Å². The molecule has 3 radical (unpaired) electrons. The summed E-state index contributed by atoms with van der Waals surface area (Å²) in [4.78, 5) is 2.05. The van der Waals surface area contributed by atoms with Gasteiger partial charge in [0.15, 0.2) is 5.05 Å². The standard InChI is InChI=1S/C6H13NOS.B/c1-6(9)8-5-4-7(2)3;/h4-5H2,1-3H3;. The Bertz CT molecular complexity index is 97.7. The van der Waals surface area contributed by atoms with Crippen LogP contribution in [0.4, 0.5) is 0 Å². The Kier molecular flexibility index (Phi) is 8.84. The van der Waals surface area contributed by atoms with Crippen molar-refractivity contribution in [1.82, 2.24) is 4.90 Å². The van der Waals surface area contributed by atoms with E-state index in [-0.39, 0.29) is 8.41 Å². The average molecular weight is 158 g/mol. The van der Waals surface area contributed by atoms with E-state index in [1.165, 1.54) is 0 Å². The van der Waals surface area contributed by atoms with Gasteiger partial charge in [0.05, 0.1) is 0 Å². The predicted molar refractivity (Wildman–Crippen MR) is 48.5 cm³/mol. The summed E-state index contributed by atoms with van der Waals surface area (Å²) in [7, 11) is 4.00. The molecular formula is C6H13BNOS. The van der Waals surface area contributed by atoms with Gasteiger partial charge in [-0.1, -0.05) is 0 Å². The molecule has 0 unspecified atom stereocenters. The number of likely N-dealkylation sites (N-methyl/N-ethyl adjacent to an activating group) is 1. The first-order valence-electron chi connectivity index (χ1n) is 2.91. The maximum absolute atomic E-state index is 5.04. The zero-order chi connectivity index (χ0) is 7.28. The molecule has 0 aliphatic carbocycles. The number of hydrogen-bond donors (Lipinski definition) is 0. The summed E-state index contributed by atoms with van der Waals surface area (Å²) in [5, 5.41) is 0.622. The topological polar surface area (TPSA) is 12.5 Å². The van der Waals surface area contributed by atoms with E-state index in [0.29, 0.717) is 11.7 Å². The summed E-state index contributed by atoms with van der Waals surface area (Å²) in [6.45, 7) is 3.40. The highest BCUT2D eigenvalue weighted by atomic mass is 32.1. The second kappa shape index (κ2) is 7.03. The molecule has 4 heteroatoms. The van der Waals surface area contributed by atoms with Gasteiger partial charge in [-0.25, -0.2) is 0 Å². The minimum Gasteiger partial charge on any atom is -0.486 e. The van der Waals surface area contributed by atoms with Crippen LogP contribution < -0.4 is 0 Å². The molecule has 0 atom stereocenters. The monoisotopic (exact) mass is 158 g/mol. The summed E-state index contributed by atoms with van der Waals surface area (Å²) in [6, 6.07) is 0. The number of rotatable bonds is 3. The maximum atomic E-state index is 5.04. The van der Waals surface area contributed by atoms with Crippen LogP contribution in [0, 0.1) is 0 Å². The van der Waals surface area contributed by atoms with Gasteiger partial charge in [0, 0.05) is 21.9 Å². The maximum Gasteiger partial charge on any atom is 0.156 e. The van der Waals surface area contributed by atoms with Crippen molar-refractivity contribution in [2.45, 2.75) is 6.92 Å². The largest absolute Gasteiger partial charge is 0.486 e. The van der Waals surface area contributed by atoms with Gasteiger partial charge >= 0.3 is 0 Å². The van der Waals surface area contributed by atoms with Gasteiger partial charge in [-0.15, -0.1) is 0 Å². The SMILES string of the molecule is CC(=S)OCCN(C)C.[B]. The molecule has 2 nitrogen and oxygen atoms in total. The van der Waals surface area contributed by atoms with E-state index in [4.69, 9.17) is 17.0 Å². The lowest BCUT2D eigenvalue weighted by molar-refractivity contribution is 0.255. The van der Waals surface area contributed by atoms with Crippen molar-refractivity contribution in [1.29, 1.82) is 0 Å². The Labute approximate surface area is 70.1 Å². The Hall–Kier alpha value is -0.0851. The first-order valence-corrected chi connectivity index (χ1v) is 3.32. The fourth-order valence-electron chi connectivity index (χ4n) is 0.372. The first kappa shape index (κ1) is 12.6. The molecule has 0 bridgehead atoms. The normalized spacial score (nSPS) is 8.80. The molecule has 0 saturated heterocycles. The van der Waals surface area contributed by atoms with Crippen LogP contribution in [0.1, 0.15) is 6.92 Å². The third-order valence-electron chi connectivity index (χ3n) is 0.844. The van der Waals surface area contributed by atoms with Gasteiger partial charge in [0.2, 0.25) is 0 Å². The molecule has 0 aliphatic rings. The van der Waals surface area contributed by atoms with Crippen molar-refractivity contribution >= 4 is 25.7 Å². The van der Waals surface area contributed by atoms with Crippen LogP contribution in [-0.4, -0.2) is 45.6 Å². The lowest BCUT2D eigenvalue weighted by atomic mass is 10.6. The summed E-state index contributed by atoms with van der Waals surface area (Å²) >= 11 is 4.71. The first-order chi connectivity index (χ1) is 4.13. The molecule has 57 valence electrons. The van der Waals surface area contributed by atoms with Crippen LogP contribution in [-0.2, 0) is 4.74 Å². The van der Waals surface area contributed by atoms with Gasteiger partial charge < -0.3 is 9.64 Å². The predicted octanol–water partition coefficient (Wildman–Crippen LogP) is 0.531. The van der Waals surface area contributed by atoms with Crippen LogP contribution >= 0.6 is 12.2 Å². The van der Waals surface area contributed by atoms with Gasteiger partial charge in [-0.3, -0.25) is 0 Å². The van der Waals surface area contributed by atoms with Gasteiger partial charge in [0.1, 0.15) is 6.61 Å². The molecule has 0 aromatic heterocycles. The number of ether oxygens (including phenoxy) is 1. The van der Waals surface area contributed by atoms with Crippen molar-refractivity contribution in [3.63, 3.8) is 0 Å². The fraction of sp³-hybridized carbons (Fsp3) is 0.833. The zero-order valence-corrected chi connectivity index (χ0v) is 7.57. The lowest BCUT2D eigenvalue weighted by Gasteiger charge is -2.08. The van der Waals surface area contributed by atoms with Crippen molar-refractivity contribution in [3.8, 4) is 0 Å². The van der Waals surface area contributed by atoms with Gasteiger partial charge in [-0.05, 0) is 26.3 Å². The van der Waals surface area contributed by atoms with E-state index in [2.05, 4.69) is 4.90 Å². The van der Waals surface area contributed by atoms with Gasteiger partial charge in [0.25, 0.3) is 0 Å². The summed E-state index contributed by atoms with van der Waals surface area (Å²) in [5.74, 6) is 0. The third-order valence-corrected chi connectivity index (χ3v) is 0.962. The summed E-state index contributed by atoms with van der Waals surface area (Å²) < 4.78 is 5.04. The highest BCUT2D eigenvalue weighted by Gasteiger charge is 1.89. The number of nitrogens with zero attached hydrogens (tertiary/aromatic N) is 1. The fourth-order valence-corrected chi connectivity index (χ4v) is 0.455. The van der Waals surface area contributed by atoms with Crippen molar-refractivity contribution in [3.05, 3.63) is 0 Å². The zero-order valence-electron chi connectivity index (χ0n) is 6.76. The van der Waals surface area contributed by atoms with E-state index < -0.39 is 0 Å². The second-order valence-electron chi connectivity index (χ2n) is 2.14. The molecule has 0 fully saturated rings. The molecule has 0 aliphatic heterocycles. The van der Waals surface area contributed by atoms with E-state index in [9.17, 15) is 0 Å². The van der Waals surface area contributed by atoms with E-state index >= 15 is 0 Å². The Morgan fingerprint density at radius 2 is 2.00 bits per heavy atom. The molecule has 0 heterocycles. The highest BCUT2D eigenvalue weighted by Crippen LogP contribution is 1.80. The molecule has 0 saturated carbocycles. The van der Waals surface area contributed by atoms with Crippen LogP contribution in [0.25, 0.3) is 0 Å². The summed E-state index contributed by atoms with van der Waals surface area (Å²) in [5.41, 5.74) is 0. The Morgan fingerprint density at radius 3 is 2.30 bits per heavy atom. The molecule has 10 heavy (non-hydrogen) atoms. The number of thiocarbonyl (C=S) groups is 1. The second-order valence-corrected chi connectivity index (χ2v) is 2.72. The van der Waals surface area contributed by atoms with Crippen molar-refractivity contribution in [2.75, 3.05) is 27.2 Å². The average Bonchev–Trinajstić information content (AvgIpc) is 1.63. The molecule has 0 spiro atoms. The van der Waals surface area contributed by atoms with Gasteiger partial charge in [-0.2, -0.15) is 0 Å². The van der Waals surface area contributed by atoms with E-state index in [0.717, 1.165) is 6.54 Å². The minimum absolute atomic E-state index is 0. The lowest BCUT2D eigenvalue weighted by Crippen LogP contribution is -2.18. The highest BCUT2D eigenvalue weighted by molar-refractivity contribution is 7.80. The minimum atomic E-state index is 0. The molecule has 0 aromatic rings. The van der Waals surface area contributed by atoms with Crippen LogP contribution in [0.3, 0.4) is 0 Å². The van der Waals surface area contributed by atoms with Crippen molar-refractivity contribution in [2.24, 2.45) is 0 Å². The molecule has 0 amide bonds.